The van der Waals surface area contributed by atoms with Crippen molar-refractivity contribution < 1.29 is 8.78 Å². The standard InChI is InChI=1S/C19H20F2N4S/c1-23-19(25-11-15-4-3-13(9-22)7-18(15)21)24-10-14-5-6-17(20)8-16(14)12-26-2/h3-8H,10-12H2,1-2H3,(H2,23,24,25). The number of hydrogen-bond donors (Lipinski definition) is 2. The third-order valence-electron chi connectivity index (χ3n) is 3.77. The molecule has 0 amide bonds. The van der Waals surface area contributed by atoms with Crippen LogP contribution in [0.15, 0.2) is 41.4 Å². The molecule has 7 heteroatoms. The van der Waals surface area contributed by atoms with Gasteiger partial charge in [-0.1, -0.05) is 12.1 Å². The number of nitrogens with zero attached hydrogens (tertiary/aromatic N) is 2. The van der Waals surface area contributed by atoms with E-state index < -0.39 is 5.82 Å². The quantitative estimate of drug-likeness (QED) is 0.600. The lowest BCUT2D eigenvalue weighted by molar-refractivity contribution is 0.604. The van der Waals surface area contributed by atoms with Crippen LogP contribution in [0.5, 0.6) is 0 Å². The lowest BCUT2D eigenvalue weighted by atomic mass is 10.1. The number of nitriles is 1. The Kier molecular flexibility index (Phi) is 7.42. The number of thioether (sulfide) groups is 1. The maximum absolute atomic E-state index is 13.9. The third-order valence-corrected chi connectivity index (χ3v) is 4.37. The fourth-order valence-corrected chi connectivity index (χ4v) is 2.98. The molecule has 2 rings (SSSR count). The zero-order valence-electron chi connectivity index (χ0n) is 14.6. The van der Waals surface area contributed by atoms with Gasteiger partial charge in [-0.15, -0.1) is 0 Å². The number of halogens is 2. The Bertz CT molecular complexity index is 831. The summed E-state index contributed by atoms with van der Waals surface area (Å²) in [5.74, 6) is 0.537. The minimum absolute atomic E-state index is 0.234. The van der Waals surface area contributed by atoms with Crippen molar-refractivity contribution in [2.45, 2.75) is 18.8 Å². The normalized spacial score (nSPS) is 11.1. The molecule has 0 spiro atoms. The number of guanidine groups is 1. The lowest BCUT2D eigenvalue weighted by Gasteiger charge is -2.14. The number of aliphatic imine (C=N–C) groups is 1. The Labute approximate surface area is 156 Å². The number of hydrogen-bond acceptors (Lipinski definition) is 3. The van der Waals surface area contributed by atoms with Gasteiger partial charge >= 0.3 is 0 Å². The maximum atomic E-state index is 13.9. The molecule has 2 aromatic rings. The first-order valence-electron chi connectivity index (χ1n) is 7.96. The van der Waals surface area contributed by atoms with Gasteiger partial charge < -0.3 is 10.6 Å². The second kappa shape index (κ2) is 9.78. The van der Waals surface area contributed by atoms with E-state index in [2.05, 4.69) is 15.6 Å². The van der Waals surface area contributed by atoms with E-state index in [4.69, 9.17) is 5.26 Å². The predicted molar refractivity (Wildman–Crippen MR) is 102 cm³/mol. The monoisotopic (exact) mass is 374 g/mol. The van der Waals surface area contributed by atoms with E-state index in [1.54, 1.807) is 37.0 Å². The van der Waals surface area contributed by atoms with Gasteiger partial charge in [0.05, 0.1) is 11.6 Å². The summed E-state index contributed by atoms with van der Waals surface area (Å²) in [5, 5.41) is 15.0. The van der Waals surface area contributed by atoms with Gasteiger partial charge in [0.1, 0.15) is 11.6 Å². The fraction of sp³-hybridized carbons (Fsp3) is 0.263. The van der Waals surface area contributed by atoms with Gasteiger partial charge in [-0.05, 0) is 41.6 Å². The number of nitrogens with one attached hydrogen (secondary N) is 2. The molecule has 0 heterocycles. The van der Waals surface area contributed by atoms with E-state index in [-0.39, 0.29) is 17.9 Å². The Morgan fingerprint density at radius 1 is 1.08 bits per heavy atom. The van der Waals surface area contributed by atoms with Crippen LogP contribution in [0.25, 0.3) is 0 Å². The van der Waals surface area contributed by atoms with Crippen molar-refractivity contribution in [1.82, 2.24) is 10.6 Å². The molecule has 0 aliphatic carbocycles. The molecular formula is C19H20F2N4S. The first-order valence-corrected chi connectivity index (χ1v) is 9.36. The highest BCUT2D eigenvalue weighted by atomic mass is 32.2. The third kappa shape index (κ3) is 5.46. The van der Waals surface area contributed by atoms with E-state index in [1.165, 1.54) is 18.2 Å². The van der Waals surface area contributed by atoms with Crippen molar-refractivity contribution in [2.24, 2.45) is 4.99 Å². The maximum Gasteiger partial charge on any atom is 0.191 e. The molecule has 0 aliphatic rings. The molecule has 0 atom stereocenters. The fourth-order valence-electron chi connectivity index (χ4n) is 2.40. The Morgan fingerprint density at radius 2 is 1.77 bits per heavy atom. The largest absolute Gasteiger partial charge is 0.352 e. The molecule has 0 aromatic heterocycles. The summed E-state index contributed by atoms with van der Waals surface area (Å²) >= 11 is 1.62. The highest BCUT2D eigenvalue weighted by Gasteiger charge is 2.07. The highest BCUT2D eigenvalue weighted by molar-refractivity contribution is 7.97. The van der Waals surface area contributed by atoms with Crippen LogP contribution in [0.3, 0.4) is 0 Å². The van der Waals surface area contributed by atoms with Crippen molar-refractivity contribution in [3.63, 3.8) is 0 Å². The molecule has 0 unspecified atom stereocenters. The zero-order valence-corrected chi connectivity index (χ0v) is 15.5. The molecule has 4 nitrogen and oxygen atoms in total. The van der Waals surface area contributed by atoms with Crippen LogP contribution in [0.1, 0.15) is 22.3 Å². The van der Waals surface area contributed by atoms with E-state index >= 15 is 0 Å². The Morgan fingerprint density at radius 3 is 2.38 bits per heavy atom. The molecule has 26 heavy (non-hydrogen) atoms. The lowest BCUT2D eigenvalue weighted by Crippen LogP contribution is -2.36. The molecule has 0 saturated carbocycles. The number of rotatable bonds is 6. The van der Waals surface area contributed by atoms with Crippen LogP contribution in [0.2, 0.25) is 0 Å². The van der Waals surface area contributed by atoms with Gasteiger partial charge in [0.2, 0.25) is 0 Å². The average molecular weight is 374 g/mol. The Hall–Kier alpha value is -2.59. The molecule has 2 N–H and O–H groups in total. The highest BCUT2D eigenvalue weighted by Crippen LogP contribution is 2.16. The van der Waals surface area contributed by atoms with E-state index in [0.29, 0.717) is 18.1 Å². The average Bonchev–Trinajstić information content (AvgIpc) is 2.64. The minimum Gasteiger partial charge on any atom is -0.352 e. The molecule has 0 radical (unpaired) electrons. The predicted octanol–water partition coefficient (Wildman–Crippen LogP) is 3.56. The van der Waals surface area contributed by atoms with Gasteiger partial charge in [-0.2, -0.15) is 17.0 Å². The summed E-state index contributed by atoms with van der Waals surface area (Å²) in [4.78, 5) is 4.12. The first kappa shape index (κ1) is 19.7. The smallest absolute Gasteiger partial charge is 0.191 e. The van der Waals surface area contributed by atoms with Crippen molar-refractivity contribution in [3.05, 3.63) is 70.3 Å². The van der Waals surface area contributed by atoms with Gasteiger partial charge in [-0.3, -0.25) is 4.99 Å². The van der Waals surface area contributed by atoms with Crippen LogP contribution >= 0.6 is 11.8 Å². The summed E-state index contributed by atoms with van der Waals surface area (Å²) in [7, 11) is 1.62. The second-order valence-electron chi connectivity index (χ2n) is 5.54. The van der Waals surface area contributed by atoms with Crippen molar-refractivity contribution in [2.75, 3.05) is 13.3 Å². The topological polar surface area (TPSA) is 60.2 Å². The van der Waals surface area contributed by atoms with Crippen molar-refractivity contribution >= 4 is 17.7 Å². The van der Waals surface area contributed by atoms with Crippen molar-refractivity contribution in [1.29, 1.82) is 5.26 Å². The minimum atomic E-state index is -0.437. The van der Waals surface area contributed by atoms with Gasteiger partial charge in [0, 0.05) is 31.5 Å². The molecule has 0 bridgehead atoms. The summed E-state index contributed by atoms with van der Waals surface area (Å²) < 4.78 is 27.3. The zero-order chi connectivity index (χ0) is 18.9. The molecule has 0 fully saturated rings. The van der Waals surface area contributed by atoms with E-state index in [9.17, 15) is 8.78 Å². The molecule has 0 aliphatic heterocycles. The SMILES string of the molecule is CN=C(NCc1ccc(C#N)cc1F)NCc1ccc(F)cc1CSC. The summed E-state index contributed by atoms with van der Waals surface area (Å²) in [5.41, 5.74) is 2.63. The van der Waals surface area contributed by atoms with Gasteiger partial charge in [0.15, 0.2) is 5.96 Å². The van der Waals surface area contributed by atoms with Crippen LogP contribution in [0, 0.1) is 23.0 Å². The first-order chi connectivity index (χ1) is 12.6. The number of benzene rings is 2. The molecule has 136 valence electrons. The molecule has 0 saturated heterocycles. The second-order valence-corrected chi connectivity index (χ2v) is 6.41. The van der Waals surface area contributed by atoms with Gasteiger partial charge in [-0.25, -0.2) is 8.78 Å². The van der Waals surface area contributed by atoms with Crippen molar-refractivity contribution in [3.8, 4) is 6.07 Å². The van der Waals surface area contributed by atoms with E-state index in [0.717, 1.165) is 16.9 Å². The van der Waals surface area contributed by atoms with Gasteiger partial charge in [0.25, 0.3) is 0 Å². The van der Waals surface area contributed by atoms with Crippen LogP contribution in [0.4, 0.5) is 8.78 Å². The summed E-state index contributed by atoms with van der Waals surface area (Å²) in [6.07, 6.45) is 1.97. The summed E-state index contributed by atoms with van der Waals surface area (Å²) in [6, 6.07) is 11.0. The van der Waals surface area contributed by atoms with E-state index in [1.807, 2.05) is 12.3 Å². The van der Waals surface area contributed by atoms with Crippen LogP contribution < -0.4 is 10.6 Å². The summed E-state index contributed by atoms with van der Waals surface area (Å²) in [6.45, 7) is 0.712. The van der Waals surface area contributed by atoms with Crippen LogP contribution in [-0.4, -0.2) is 19.3 Å². The molecule has 2 aromatic carbocycles. The van der Waals surface area contributed by atoms with Crippen LogP contribution in [-0.2, 0) is 18.8 Å². The Balaban J connectivity index is 1.98. The molecular weight excluding hydrogens is 354 g/mol.